The minimum atomic E-state index is -2.68. The first-order valence-corrected chi connectivity index (χ1v) is 15.0. The van der Waals surface area contributed by atoms with Crippen molar-refractivity contribution in [3.63, 3.8) is 0 Å². The lowest BCUT2D eigenvalue weighted by molar-refractivity contribution is -0.141. The maximum Gasteiger partial charge on any atom is 0.410 e. The number of nitrogens with zero attached hydrogens (tertiary/aromatic N) is 1. The summed E-state index contributed by atoms with van der Waals surface area (Å²) in [5.41, 5.74) is 1.86. The van der Waals surface area contributed by atoms with Crippen LogP contribution in [-0.4, -0.2) is 38.4 Å². The first-order valence-electron chi connectivity index (χ1n) is 12.9. The number of rotatable bonds is 9. The van der Waals surface area contributed by atoms with Gasteiger partial charge in [0.2, 0.25) is 0 Å². The summed E-state index contributed by atoms with van der Waals surface area (Å²) in [6, 6.07) is 19.3. The summed E-state index contributed by atoms with van der Waals surface area (Å²) >= 11 is 0. The number of hydrogen-bond donors (Lipinski definition) is 0. The zero-order valence-corrected chi connectivity index (χ0v) is 24.6. The molecule has 0 fully saturated rings. The molecule has 2 rings (SSSR count). The van der Waals surface area contributed by atoms with E-state index < -0.39 is 20.5 Å². The summed E-state index contributed by atoms with van der Waals surface area (Å²) in [7, 11) is -1.06. The highest BCUT2D eigenvalue weighted by atomic mass is 28.4. The molecule has 6 heteroatoms. The Labute approximate surface area is 219 Å². The second kappa shape index (κ2) is 12.1. The molecule has 0 aliphatic rings. The Balaban J connectivity index is 2.39. The van der Waals surface area contributed by atoms with Gasteiger partial charge in [-0.05, 0) is 33.2 Å². The molecule has 0 aromatic heterocycles. The van der Waals surface area contributed by atoms with E-state index in [-0.39, 0.29) is 22.7 Å². The molecular formula is C30H45NO4Si. The van der Waals surface area contributed by atoms with Crippen molar-refractivity contribution in [3.8, 4) is 0 Å². The SMILES string of the molecule is CC(C)C[Si](OC(=O)[C@H](Cc1ccccc1)N(C)C(=O)OCc1ccccc1)(C(C)(C)C)C(C)(C)C. The van der Waals surface area contributed by atoms with Crippen LogP contribution in [0.4, 0.5) is 4.79 Å². The zero-order chi connectivity index (χ0) is 27.1. The Bertz CT molecular complexity index is 964. The molecule has 0 saturated heterocycles. The van der Waals surface area contributed by atoms with Gasteiger partial charge in [0.15, 0.2) is 0 Å². The monoisotopic (exact) mass is 511 g/mol. The average Bonchev–Trinajstić information content (AvgIpc) is 2.79. The smallest absolute Gasteiger partial charge is 0.410 e. The maximum atomic E-state index is 14.0. The first-order chi connectivity index (χ1) is 16.7. The maximum absolute atomic E-state index is 14.0. The molecule has 1 amide bonds. The Kier molecular flexibility index (Phi) is 9.95. The van der Waals surface area contributed by atoms with Crippen LogP contribution in [0.3, 0.4) is 0 Å². The Morgan fingerprint density at radius 3 is 1.75 bits per heavy atom. The molecule has 5 nitrogen and oxygen atoms in total. The van der Waals surface area contributed by atoms with Crippen molar-refractivity contribution in [3.05, 3.63) is 71.8 Å². The van der Waals surface area contributed by atoms with E-state index in [1.807, 2.05) is 60.7 Å². The van der Waals surface area contributed by atoms with Crippen LogP contribution in [0.15, 0.2) is 60.7 Å². The average molecular weight is 512 g/mol. The van der Waals surface area contributed by atoms with E-state index in [1.165, 1.54) is 4.90 Å². The van der Waals surface area contributed by atoms with Gasteiger partial charge >= 0.3 is 12.1 Å². The number of amides is 1. The molecule has 0 unspecified atom stereocenters. The molecule has 0 bridgehead atoms. The highest BCUT2D eigenvalue weighted by molar-refractivity contribution is 6.80. The molecule has 0 spiro atoms. The Hall–Kier alpha value is -2.60. The second-order valence-corrected chi connectivity index (χ2v) is 17.5. The van der Waals surface area contributed by atoms with Crippen molar-refractivity contribution in [2.75, 3.05) is 7.05 Å². The molecule has 0 saturated carbocycles. The normalized spacial score (nSPS) is 13.3. The molecule has 36 heavy (non-hydrogen) atoms. The molecule has 0 N–H and O–H groups in total. The minimum absolute atomic E-state index is 0.146. The van der Waals surface area contributed by atoms with Gasteiger partial charge in [-0.15, -0.1) is 0 Å². The van der Waals surface area contributed by atoms with Crippen LogP contribution >= 0.6 is 0 Å². The van der Waals surface area contributed by atoms with Crippen molar-refractivity contribution >= 4 is 20.4 Å². The van der Waals surface area contributed by atoms with Crippen LogP contribution < -0.4 is 0 Å². The minimum Gasteiger partial charge on any atom is -0.516 e. The van der Waals surface area contributed by atoms with E-state index in [0.717, 1.165) is 17.2 Å². The molecule has 0 heterocycles. The van der Waals surface area contributed by atoms with Gasteiger partial charge in [-0.2, -0.15) is 0 Å². The number of benzene rings is 2. The highest BCUT2D eigenvalue weighted by Gasteiger charge is 2.58. The Morgan fingerprint density at radius 1 is 0.833 bits per heavy atom. The van der Waals surface area contributed by atoms with Gasteiger partial charge in [0.25, 0.3) is 8.32 Å². The van der Waals surface area contributed by atoms with Crippen LogP contribution in [-0.2, 0) is 27.0 Å². The molecule has 0 aliphatic carbocycles. The summed E-state index contributed by atoms with van der Waals surface area (Å²) in [5.74, 6) is 0.0271. The molecule has 2 aromatic rings. The number of hydrogen-bond acceptors (Lipinski definition) is 4. The van der Waals surface area contributed by atoms with Gasteiger partial charge in [0, 0.05) is 13.5 Å². The van der Waals surface area contributed by atoms with Gasteiger partial charge in [-0.25, -0.2) is 4.79 Å². The lowest BCUT2D eigenvalue weighted by atomic mass is 10.1. The summed E-state index contributed by atoms with van der Waals surface area (Å²) in [6.45, 7) is 17.6. The van der Waals surface area contributed by atoms with Crippen LogP contribution in [0.2, 0.25) is 16.1 Å². The second-order valence-electron chi connectivity index (χ2n) is 12.2. The Morgan fingerprint density at radius 2 is 1.31 bits per heavy atom. The standard InChI is InChI=1S/C30H45NO4Si/c1-23(2)22-36(29(3,4)5,30(6,7)8)35-27(32)26(20-24-16-12-10-13-17-24)31(9)28(33)34-21-25-18-14-11-15-19-25/h10-19,23,26H,20-22H2,1-9H3/t26-/m0/s1. The van der Waals surface area contributed by atoms with E-state index in [4.69, 9.17) is 9.16 Å². The molecule has 0 aliphatic heterocycles. The van der Waals surface area contributed by atoms with Gasteiger partial charge < -0.3 is 9.16 Å². The fourth-order valence-electron chi connectivity index (χ4n) is 5.06. The van der Waals surface area contributed by atoms with Crippen molar-refractivity contribution < 1.29 is 18.8 Å². The van der Waals surface area contributed by atoms with Crippen LogP contribution in [0.25, 0.3) is 0 Å². The van der Waals surface area contributed by atoms with E-state index in [0.29, 0.717) is 12.3 Å². The quantitative estimate of drug-likeness (QED) is 0.325. The fourth-order valence-corrected chi connectivity index (χ4v) is 10.9. The zero-order valence-electron chi connectivity index (χ0n) is 23.6. The first kappa shape index (κ1) is 29.6. The largest absolute Gasteiger partial charge is 0.516 e. The summed E-state index contributed by atoms with van der Waals surface area (Å²) in [4.78, 5) is 28.5. The molecule has 2 aromatic carbocycles. The summed E-state index contributed by atoms with van der Waals surface area (Å²) in [5, 5.41) is -0.371. The predicted octanol–water partition coefficient (Wildman–Crippen LogP) is 7.61. The molecular weight excluding hydrogens is 466 g/mol. The number of likely N-dealkylation sites (N-methyl/N-ethyl adjacent to an activating group) is 1. The van der Waals surface area contributed by atoms with Gasteiger partial charge in [0.1, 0.15) is 12.6 Å². The topological polar surface area (TPSA) is 55.8 Å². The van der Waals surface area contributed by atoms with E-state index in [2.05, 4.69) is 55.4 Å². The third-order valence-corrected chi connectivity index (χ3v) is 13.7. The summed E-state index contributed by atoms with van der Waals surface area (Å²) in [6.07, 6.45) is -0.184. The van der Waals surface area contributed by atoms with Crippen LogP contribution in [0, 0.1) is 5.92 Å². The van der Waals surface area contributed by atoms with E-state index >= 15 is 0 Å². The van der Waals surface area contributed by atoms with E-state index in [9.17, 15) is 9.59 Å². The number of carbonyl (C=O) groups excluding carboxylic acids is 2. The lowest BCUT2D eigenvalue weighted by Crippen LogP contribution is -2.59. The molecule has 1 atom stereocenters. The lowest BCUT2D eigenvalue weighted by Gasteiger charge is -2.51. The van der Waals surface area contributed by atoms with Gasteiger partial charge in [-0.3, -0.25) is 9.69 Å². The van der Waals surface area contributed by atoms with Crippen molar-refractivity contribution in [2.45, 2.75) is 90.6 Å². The van der Waals surface area contributed by atoms with Crippen molar-refractivity contribution in [1.82, 2.24) is 4.90 Å². The predicted molar refractivity (Wildman–Crippen MR) is 149 cm³/mol. The van der Waals surface area contributed by atoms with Crippen molar-refractivity contribution in [1.29, 1.82) is 0 Å². The number of carbonyl (C=O) groups is 2. The fraction of sp³-hybridized carbons (Fsp3) is 0.533. The molecule has 0 radical (unpaired) electrons. The third kappa shape index (κ3) is 7.45. The summed E-state index contributed by atoms with van der Waals surface area (Å²) < 4.78 is 12.3. The highest BCUT2D eigenvalue weighted by Crippen LogP contribution is 2.55. The van der Waals surface area contributed by atoms with Crippen molar-refractivity contribution in [2.24, 2.45) is 5.92 Å². The number of ether oxygens (including phenoxy) is 1. The van der Waals surface area contributed by atoms with E-state index in [1.54, 1.807) is 7.05 Å². The molecule has 198 valence electrons. The van der Waals surface area contributed by atoms with Gasteiger partial charge in [0.05, 0.1) is 0 Å². The third-order valence-electron chi connectivity index (χ3n) is 6.90. The van der Waals surface area contributed by atoms with Gasteiger partial charge in [-0.1, -0.05) is 116 Å². The van der Waals surface area contributed by atoms with Crippen LogP contribution in [0.1, 0.15) is 66.5 Å². The van der Waals surface area contributed by atoms with Crippen LogP contribution in [0.5, 0.6) is 0 Å².